The van der Waals surface area contributed by atoms with Gasteiger partial charge in [-0.3, -0.25) is 19.1 Å². The Labute approximate surface area is 330 Å². The zero-order valence-corrected chi connectivity index (χ0v) is 32.3. The summed E-state index contributed by atoms with van der Waals surface area (Å²) in [7, 11) is -3.92. The van der Waals surface area contributed by atoms with Gasteiger partial charge in [0.05, 0.1) is 16.9 Å². The van der Waals surface area contributed by atoms with Crippen LogP contribution in [0.25, 0.3) is 22.5 Å². The molecule has 5 atom stereocenters. The Bertz CT molecular complexity index is 2160. The van der Waals surface area contributed by atoms with Crippen molar-refractivity contribution < 1.29 is 36.7 Å². The fourth-order valence-corrected chi connectivity index (χ4v) is 9.66. The Morgan fingerprint density at radius 3 is 2.44 bits per heavy atom. The number of hydrogen-bond acceptors (Lipinski definition) is 10. The van der Waals surface area contributed by atoms with Crippen molar-refractivity contribution in [3.63, 3.8) is 0 Å². The monoisotopic (exact) mass is 802 g/mol. The normalized spacial score (nSPS) is 27.6. The number of hydrogen-bond donors (Lipinski definition) is 3. The van der Waals surface area contributed by atoms with E-state index in [4.69, 9.17) is 14.9 Å². The zero-order chi connectivity index (χ0) is 39.7. The molecule has 0 unspecified atom stereocenters. The number of fused-ring (bicyclic) bond motifs is 2. The first-order chi connectivity index (χ1) is 27.5. The third kappa shape index (κ3) is 8.29. The highest BCUT2D eigenvalue weighted by Crippen LogP contribution is 2.46. The minimum Gasteiger partial charge on any atom is -0.446 e. The van der Waals surface area contributed by atoms with Gasteiger partial charge in [0.25, 0.3) is 5.91 Å². The van der Waals surface area contributed by atoms with E-state index in [0.717, 1.165) is 38.5 Å². The molecule has 15 nitrogen and oxygen atoms in total. The third-order valence-corrected chi connectivity index (χ3v) is 13.6. The summed E-state index contributed by atoms with van der Waals surface area (Å²) in [6.45, 7) is -0.0524. The molecule has 0 bridgehead atoms. The molecular weight excluding hydrogens is 756 g/mol. The van der Waals surface area contributed by atoms with Gasteiger partial charge in [0.2, 0.25) is 27.8 Å². The number of halogens is 1. The molecule has 302 valence electrons. The summed E-state index contributed by atoms with van der Waals surface area (Å²) in [5.74, 6) is -3.18. The molecule has 0 spiro atoms. The summed E-state index contributed by atoms with van der Waals surface area (Å²) in [5.41, 5.74) is -0.161. The molecule has 4 fully saturated rings. The fraction of sp³-hybridized carbons (Fsp3) is 0.525. The lowest BCUT2D eigenvalue weighted by Crippen LogP contribution is -2.58. The van der Waals surface area contributed by atoms with Gasteiger partial charge in [0.15, 0.2) is 0 Å². The lowest BCUT2D eigenvalue weighted by atomic mass is 10.0. The molecule has 2 aromatic heterocycles. The van der Waals surface area contributed by atoms with Crippen LogP contribution in [0.4, 0.5) is 9.18 Å². The summed E-state index contributed by atoms with van der Waals surface area (Å²) < 4.78 is 48.9. The molecule has 5 aliphatic rings. The van der Waals surface area contributed by atoms with Gasteiger partial charge in [0, 0.05) is 30.6 Å². The van der Waals surface area contributed by atoms with Gasteiger partial charge >= 0.3 is 6.09 Å². The second-order valence-electron chi connectivity index (χ2n) is 15.8. The highest BCUT2D eigenvalue weighted by Gasteiger charge is 2.62. The number of sulfonamides is 1. The second kappa shape index (κ2) is 16.0. The lowest BCUT2D eigenvalue weighted by molar-refractivity contribution is -0.141. The van der Waals surface area contributed by atoms with Gasteiger partial charge in [-0.1, -0.05) is 55.3 Å². The summed E-state index contributed by atoms with van der Waals surface area (Å²) in [6.07, 6.45) is 11.8. The van der Waals surface area contributed by atoms with E-state index in [0.29, 0.717) is 43.4 Å². The Balaban J connectivity index is 1.14. The molecular formula is C40H47FN8O7S. The van der Waals surface area contributed by atoms with Crippen molar-refractivity contribution >= 4 is 33.8 Å². The number of rotatable bonds is 8. The number of nitrogens with one attached hydrogen (secondary N) is 3. The van der Waals surface area contributed by atoms with Gasteiger partial charge in [-0.25, -0.2) is 18.2 Å². The van der Waals surface area contributed by atoms with Crippen LogP contribution in [0.5, 0.6) is 0 Å². The van der Waals surface area contributed by atoms with Crippen LogP contribution in [0.2, 0.25) is 0 Å². The Kier molecular flexibility index (Phi) is 10.8. The number of alkyl carbamates (subject to hydrolysis) is 1. The molecule has 3 aromatic rings. The number of aromatic nitrogens is 4. The summed E-state index contributed by atoms with van der Waals surface area (Å²) >= 11 is 0. The first kappa shape index (κ1) is 38.7. The number of ether oxygens (including phenoxy) is 1. The Morgan fingerprint density at radius 2 is 1.68 bits per heavy atom. The van der Waals surface area contributed by atoms with E-state index >= 15 is 4.39 Å². The van der Waals surface area contributed by atoms with Crippen molar-refractivity contribution in [1.29, 1.82) is 0 Å². The topological polar surface area (TPSA) is 195 Å². The van der Waals surface area contributed by atoms with Crippen LogP contribution >= 0.6 is 0 Å². The quantitative estimate of drug-likeness (QED) is 0.218. The molecule has 1 aromatic carbocycles. The Morgan fingerprint density at radius 1 is 0.930 bits per heavy atom. The van der Waals surface area contributed by atoms with E-state index in [1.807, 2.05) is 42.5 Å². The van der Waals surface area contributed by atoms with Crippen molar-refractivity contribution in [3.8, 4) is 22.5 Å². The minimum atomic E-state index is -3.92. The number of carbonyl (C=O) groups is 4. The molecule has 2 aliphatic heterocycles. The summed E-state index contributed by atoms with van der Waals surface area (Å²) in [5, 5.41) is 14.6. The van der Waals surface area contributed by atoms with E-state index in [1.54, 1.807) is 12.1 Å². The van der Waals surface area contributed by atoms with Gasteiger partial charge < -0.3 is 20.3 Å². The van der Waals surface area contributed by atoms with Gasteiger partial charge in [-0.15, -0.1) is 0 Å². The molecule has 4 heterocycles. The molecule has 8 rings (SSSR count). The van der Waals surface area contributed by atoms with Crippen molar-refractivity contribution in [1.82, 2.24) is 40.2 Å². The third-order valence-electron chi connectivity index (χ3n) is 11.7. The largest absolute Gasteiger partial charge is 0.446 e. The average Bonchev–Trinajstić information content (AvgIpc) is 3.97. The smallest absolute Gasteiger partial charge is 0.408 e. The van der Waals surface area contributed by atoms with Crippen molar-refractivity contribution in [2.45, 2.75) is 118 Å². The van der Waals surface area contributed by atoms with Crippen LogP contribution in [0.1, 0.15) is 89.5 Å². The summed E-state index contributed by atoms with van der Waals surface area (Å²) in [4.78, 5) is 62.8. The maximum absolute atomic E-state index is 15.2. The maximum Gasteiger partial charge on any atom is 0.408 e. The molecule has 0 radical (unpaired) electrons. The van der Waals surface area contributed by atoms with Crippen LogP contribution < -0.4 is 15.4 Å². The van der Waals surface area contributed by atoms with Gasteiger partial charge in [-0.2, -0.15) is 19.4 Å². The number of allylic oxidation sites excluding steroid dienone is 1. The maximum atomic E-state index is 15.2. The van der Waals surface area contributed by atoms with Crippen LogP contribution in [-0.4, -0.2) is 92.6 Å². The van der Waals surface area contributed by atoms with E-state index in [2.05, 4.69) is 20.3 Å². The number of pyridine rings is 1. The number of nitrogens with zero attached hydrogens (tertiary/aromatic N) is 5. The predicted molar refractivity (Wildman–Crippen MR) is 205 cm³/mol. The van der Waals surface area contributed by atoms with Crippen LogP contribution in [0.15, 0.2) is 60.8 Å². The highest BCUT2D eigenvalue weighted by molar-refractivity contribution is 7.91. The Hall–Kier alpha value is -5.19. The van der Waals surface area contributed by atoms with Crippen molar-refractivity contribution in [2.75, 3.05) is 6.54 Å². The molecule has 57 heavy (non-hydrogen) atoms. The van der Waals surface area contributed by atoms with E-state index < -0.39 is 74.6 Å². The molecule has 1 saturated heterocycles. The second-order valence-corrected chi connectivity index (χ2v) is 17.8. The molecule has 17 heteroatoms. The summed E-state index contributed by atoms with van der Waals surface area (Å²) in [6, 6.07) is 9.38. The van der Waals surface area contributed by atoms with Crippen LogP contribution in [-0.2, 0) is 29.1 Å². The lowest BCUT2D eigenvalue weighted by Gasteiger charge is -2.30. The van der Waals surface area contributed by atoms with E-state index in [-0.39, 0.29) is 36.7 Å². The van der Waals surface area contributed by atoms with Gasteiger partial charge in [0.1, 0.15) is 35.1 Å². The van der Waals surface area contributed by atoms with E-state index in [1.165, 1.54) is 15.9 Å². The molecule has 3 N–H and O–H groups in total. The standard InChI is InChI=1S/C40H47FN8O7S/c41-35-30(17-11-21-42-35)34-33(25-12-5-4-6-13-25)45-49(46-34)27-22-32-36(50)44-40(38(52)47-57(54,55)29-19-20-29)23-26(40)14-7-2-1-3-8-18-31(37(51)48(32)24-27)43-39(53)56-28-15-9-10-16-28/h4-7,11-14,17,21,26-29,31-32H,1-3,8-10,15-16,18-20,22-24H2,(H,43,53)(H,44,50)(H,47,52)/b14-7+/t26-,27-,31-,32+,40-/m1/s1. The number of amides is 4. The molecule has 3 aliphatic carbocycles. The minimum absolute atomic E-state index is 0.00721. The molecule has 3 saturated carbocycles. The fourth-order valence-electron chi connectivity index (χ4n) is 8.30. The number of carbonyl (C=O) groups excluding carboxylic acids is 4. The first-order valence-electron chi connectivity index (χ1n) is 20.0. The van der Waals surface area contributed by atoms with Crippen LogP contribution in [0.3, 0.4) is 0 Å². The number of benzene rings is 1. The predicted octanol–water partition coefficient (Wildman–Crippen LogP) is 4.33. The van der Waals surface area contributed by atoms with Gasteiger partial charge in [-0.05, 0) is 76.3 Å². The SMILES string of the molecule is O=C(N[C@@H]1CCCCC/C=C/[C@@H]2C[C@@]2(C(=O)NS(=O)(=O)C2CC2)NC(=O)[C@@H]2C[C@@H](n3nc(-c4ccccc4)c(-c4cccnc4F)n3)CN2C1=O)OC1CCCC1. The zero-order valence-electron chi connectivity index (χ0n) is 31.5. The first-order valence-corrected chi connectivity index (χ1v) is 21.5. The van der Waals surface area contributed by atoms with E-state index in [9.17, 15) is 27.6 Å². The van der Waals surface area contributed by atoms with Crippen molar-refractivity contribution in [2.24, 2.45) is 5.92 Å². The average molecular weight is 803 g/mol. The highest BCUT2D eigenvalue weighted by atomic mass is 32.2. The molecule has 4 amide bonds. The van der Waals surface area contributed by atoms with Crippen LogP contribution in [0, 0.1) is 11.9 Å². The van der Waals surface area contributed by atoms with Crippen molar-refractivity contribution in [3.05, 3.63) is 66.8 Å².